The van der Waals surface area contributed by atoms with E-state index in [1.165, 1.54) is 0 Å². The Kier molecular flexibility index (Phi) is 3.55. The number of nitrogens with zero attached hydrogens (tertiary/aromatic N) is 4. The Morgan fingerprint density at radius 2 is 2.17 bits per heavy atom. The summed E-state index contributed by atoms with van der Waals surface area (Å²) in [5.74, 6) is 0.908. The van der Waals surface area contributed by atoms with E-state index in [4.69, 9.17) is 5.73 Å². The van der Waals surface area contributed by atoms with Crippen molar-refractivity contribution in [1.29, 1.82) is 0 Å². The van der Waals surface area contributed by atoms with Gasteiger partial charge in [-0.3, -0.25) is 4.68 Å². The normalized spacial score (nSPS) is 10.8. The topological polar surface area (TPSA) is 73.7 Å². The number of nitrogens with one attached hydrogen (secondary N) is 1. The van der Waals surface area contributed by atoms with Crippen LogP contribution in [0.2, 0.25) is 0 Å². The minimum absolute atomic E-state index is 0.734. The average Bonchev–Trinajstić information content (AvgIpc) is 2.87. The number of aromatic nitrogens is 4. The summed E-state index contributed by atoms with van der Waals surface area (Å²) >= 11 is 0. The van der Waals surface area contributed by atoms with Gasteiger partial charge in [0.15, 0.2) is 0 Å². The number of hydrogen-bond donors (Lipinski definition) is 2. The van der Waals surface area contributed by atoms with Crippen LogP contribution < -0.4 is 11.1 Å². The Morgan fingerprint density at radius 3 is 2.78 bits per heavy atom. The molecule has 0 amide bonds. The molecule has 0 spiro atoms. The molecule has 0 saturated carbocycles. The van der Waals surface area contributed by atoms with E-state index >= 15 is 0 Å². The number of nitrogen functional groups attached to an aromatic ring is 1. The van der Waals surface area contributed by atoms with Crippen LogP contribution in [0.1, 0.15) is 18.3 Å². The van der Waals surface area contributed by atoms with Gasteiger partial charge in [-0.05, 0) is 19.9 Å². The fourth-order valence-corrected chi connectivity index (χ4v) is 1.92. The average molecular weight is 248 g/mol. The lowest BCUT2D eigenvalue weighted by atomic mass is 10.3. The van der Waals surface area contributed by atoms with Gasteiger partial charge in [-0.25, -0.2) is 4.68 Å². The lowest BCUT2D eigenvalue weighted by molar-refractivity contribution is 0.657. The molecule has 6 heteroatoms. The van der Waals surface area contributed by atoms with Crippen molar-refractivity contribution in [3.05, 3.63) is 23.7 Å². The van der Waals surface area contributed by atoms with Gasteiger partial charge in [-0.2, -0.15) is 10.2 Å². The lowest BCUT2D eigenvalue weighted by Crippen LogP contribution is -2.11. The van der Waals surface area contributed by atoms with Crippen molar-refractivity contribution in [3.63, 3.8) is 0 Å². The first-order valence-electron chi connectivity index (χ1n) is 6.17. The minimum Gasteiger partial charge on any atom is -0.394 e. The van der Waals surface area contributed by atoms with E-state index in [1.54, 1.807) is 0 Å². The summed E-state index contributed by atoms with van der Waals surface area (Å²) in [6.07, 6.45) is 2.82. The van der Waals surface area contributed by atoms with Gasteiger partial charge < -0.3 is 11.1 Å². The van der Waals surface area contributed by atoms with Crippen molar-refractivity contribution in [1.82, 2.24) is 19.6 Å². The van der Waals surface area contributed by atoms with Crippen molar-refractivity contribution < 1.29 is 0 Å². The van der Waals surface area contributed by atoms with Gasteiger partial charge in [0.05, 0.1) is 17.1 Å². The zero-order valence-electron chi connectivity index (χ0n) is 11.1. The van der Waals surface area contributed by atoms with Crippen LogP contribution in [0.25, 0.3) is 0 Å². The van der Waals surface area contributed by atoms with Gasteiger partial charge >= 0.3 is 0 Å². The monoisotopic (exact) mass is 248 g/mol. The predicted molar refractivity (Wildman–Crippen MR) is 72.5 cm³/mol. The molecule has 0 radical (unpaired) electrons. The van der Waals surface area contributed by atoms with Crippen LogP contribution in [-0.2, 0) is 20.0 Å². The quantitative estimate of drug-likeness (QED) is 0.833. The third-order valence-electron chi connectivity index (χ3n) is 2.92. The van der Waals surface area contributed by atoms with Crippen molar-refractivity contribution >= 4 is 11.5 Å². The largest absolute Gasteiger partial charge is 0.394 e. The van der Waals surface area contributed by atoms with Crippen LogP contribution in [0, 0.1) is 6.92 Å². The maximum absolute atomic E-state index is 6.00. The molecule has 98 valence electrons. The highest BCUT2D eigenvalue weighted by Gasteiger charge is 2.10. The number of anilines is 2. The zero-order valence-corrected chi connectivity index (χ0v) is 11.1. The number of rotatable bonds is 5. The molecular formula is C12H20N6. The van der Waals surface area contributed by atoms with Crippen molar-refractivity contribution in [2.24, 2.45) is 7.05 Å². The van der Waals surface area contributed by atoms with Crippen LogP contribution in [-0.4, -0.2) is 26.1 Å². The van der Waals surface area contributed by atoms with Gasteiger partial charge in [0.2, 0.25) is 0 Å². The molecular weight excluding hydrogens is 228 g/mol. The summed E-state index contributed by atoms with van der Waals surface area (Å²) in [6.45, 7) is 5.58. The second kappa shape index (κ2) is 5.12. The summed E-state index contributed by atoms with van der Waals surface area (Å²) in [5, 5.41) is 12.0. The molecule has 2 aromatic heterocycles. The summed E-state index contributed by atoms with van der Waals surface area (Å²) in [7, 11) is 1.92. The molecule has 2 aromatic rings. The molecule has 0 bridgehead atoms. The summed E-state index contributed by atoms with van der Waals surface area (Å²) in [4.78, 5) is 0. The van der Waals surface area contributed by atoms with E-state index in [-0.39, 0.29) is 0 Å². The third kappa shape index (κ3) is 2.47. The number of aryl methyl sites for hydroxylation is 3. The third-order valence-corrected chi connectivity index (χ3v) is 2.92. The smallest absolute Gasteiger partial charge is 0.148 e. The zero-order chi connectivity index (χ0) is 13.1. The maximum atomic E-state index is 6.00. The predicted octanol–water partition coefficient (Wildman–Crippen LogP) is 1.18. The second-order valence-corrected chi connectivity index (χ2v) is 4.32. The molecule has 0 unspecified atom stereocenters. The summed E-state index contributed by atoms with van der Waals surface area (Å²) in [6, 6.07) is 2.02. The molecule has 2 rings (SSSR count). The Labute approximate surface area is 107 Å². The molecule has 18 heavy (non-hydrogen) atoms. The van der Waals surface area contributed by atoms with E-state index in [9.17, 15) is 0 Å². The molecule has 0 aromatic carbocycles. The van der Waals surface area contributed by atoms with Crippen LogP contribution in [0.3, 0.4) is 0 Å². The standard InChI is InChI=1S/C12H20N6/c1-4-18-12(11(13)9(2)15-18)14-7-5-10-6-8-17(3)16-10/h6,8,14H,4-5,7,13H2,1-3H3. The lowest BCUT2D eigenvalue weighted by Gasteiger charge is -2.08. The molecule has 0 atom stereocenters. The Hall–Kier alpha value is -1.98. The molecule has 0 aliphatic carbocycles. The van der Waals surface area contributed by atoms with Crippen LogP contribution in [0.15, 0.2) is 12.3 Å². The number of hydrogen-bond acceptors (Lipinski definition) is 4. The molecule has 0 saturated heterocycles. The van der Waals surface area contributed by atoms with Gasteiger partial charge in [0.1, 0.15) is 5.82 Å². The fourth-order valence-electron chi connectivity index (χ4n) is 1.92. The molecule has 0 aliphatic heterocycles. The summed E-state index contributed by atoms with van der Waals surface area (Å²) < 4.78 is 3.70. The minimum atomic E-state index is 0.734. The molecule has 6 nitrogen and oxygen atoms in total. The van der Waals surface area contributed by atoms with E-state index in [2.05, 4.69) is 22.4 Å². The van der Waals surface area contributed by atoms with Gasteiger partial charge in [0, 0.05) is 32.8 Å². The molecule has 2 heterocycles. The fraction of sp³-hybridized carbons (Fsp3) is 0.500. The van der Waals surface area contributed by atoms with Gasteiger partial charge in [-0.15, -0.1) is 0 Å². The van der Waals surface area contributed by atoms with Gasteiger partial charge in [-0.1, -0.05) is 0 Å². The Bertz CT molecular complexity index is 525. The molecule has 0 aliphatic rings. The Morgan fingerprint density at radius 1 is 1.39 bits per heavy atom. The molecule has 3 N–H and O–H groups in total. The van der Waals surface area contributed by atoms with E-state index in [1.807, 2.05) is 35.6 Å². The van der Waals surface area contributed by atoms with E-state index in [0.29, 0.717) is 0 Å². The van der Waals surface area contributed by atoms with E-state index < -0.39 is 0 Å². The first-order chi connectivity index (χ1) is 8.61. The molecule has 0 fully saturated rings. The highest BCUT2D eigenvalue weighted by atomic mass is 15.3. The van der Waals surface area contributed by atoms with Crippen molar-refractivity contribution in [3.8, 4) is 0 Å². The number of nitrogens with two attached hydrogens (primary N) is 1. The maximum Gasteiger partial charge on any atom is 0.148 e. The van der Waals surface area contributed by atoms with Gasteiger partial charge in [0.25, 0.3) is 0 Å². The first kappa shape index (κ1) is 12.5. The van der Waals surface area contributed by atoms with Crippen LogP contribution >= 0.6 is 0 Å². The first-order valence-corrected chi connectivity index (χ1v) is 6.17. The summed E-state index contributed by atoms with van der Waals surface area (Å²) in [5.41, 5.74) is 8.68. The van der Waals surface area contributed by atoms with Crippen molar-refractivity contribution in [2.45, 2.75) is 26.8 Å². The highest BCUT2D eigenvalue weighted by Crippen LogP contribution is 2.21. The van der Waals surface area contributed by atoms with Crippen LogP contribution in [0.5, 0.6) is 0 Å². The van der Waals surface area contributed by atoms with Crippen molar-refractivity contribution in [2.75, 3.05) is 17.6 Å². The second-order valence-electron chi connectivity index (χ2n) is 4.32. The Balaban J connectivity index is 1.98. The van der Waals surface area contributed by atoms with Crippen LogP contribution in [0.4, 0.5) is 11.5 Å². The highest BCUT2D eigenvalue weighted by molar-refractivity contribution is 5.64. The SMILES string of the molecule is CCn1nc(C)c(N)c1NCCc1ccn(C)n1. The van der Waals surface area contributed by atoms with E-state index in [0.717, 1.165) is 42.4 Å².